The van der Waals surface area contributed by atoms with Crippen LogP contribution in [0.4, 0.5) is 4.79 Å². The summed E-state index contributed by atoms with van der Waals surface area (Å²) < 4.78 is 11.1. The summed E-state index contributed by atoms with van der Waals surface area (Å²) >= 11 is 3.43. The summed E-state index contributed by atoms with van der Waals surface area (Å²) in [7, 11) is 1.31. The molecule has 1 heterocycles. The van der Waals surface area contributed by atoms with E-state index in [9.17, 15) is 19.5 Å². The maximum Gasteiger partial charge on any atom is 0.407 e. The number of unbranched alkanes of at least 4 members (excludes halogenated alkanes) is 1. The molecular formula is C26H37BrN2O6. The molecule has 35 heavy (non-hydrogen) atoms. The van der Waals surface area contributed by atoms with Crippen molar-refractivity contribution in [2.24, 2.45) is 5.92 Å². The first kappa shape index (κ1) is 28.8. The number of halogens is 1. The molecule has 1 aromatic rings. The number of carbonyl (C=O) groups excluding carboxylic acids is 3. The maximum atomic E-state index is 13.2. The van der Waals surface area contributed by atoms with Crippen molar-refractivity contribution in [2.45, 2.75) is 71.1 Å². The van der Waals surface area contributed by atoms with Crippen molar-refractivity contribution in [3.05, 3.63) is 40.4 Å². The standard InChI is InChI=1S/C26H37BrN2O6/c1-5-6-9-22(24(31)29-15-17(2)11-23(29)25(32)34-4)28-26(33)35-10-7-8-18(3)20-12-19(16-30)13-21(27)14-20/h12-14,17,22-23,30H,3,5-11,15-16H2,1-2,4H3,(H,28,33)/t17-,22+,23+/m1/s1. The Morgan fingerprint density at radius 3 is 2.69 bits per heavy atom. The number of ether oxygens (including phenoxy) is 2. The van der Waals surface area contributed by atoms with Crippen LogP contribution in [0.15, 0.2) is 29.3 Å². The molecule has 1 fully saturated rings. The van der Waals surface area contributed by atoms with Crippen molar-refractivity contribution >= 4 is 39.5 Å². The summed E-state index contributed by atoms with van der Waals surface area (Å²) in [6.07, 6.45) is 3.16. The highest BCUT2D eigenvalue weighted by atomic mass is 79.9. The predicted octanol–water partition coefficient (Wildman–Crippen LogP) is 4.43. The third-order valence-electron chi connectivity index (χ3n) is 6.11. The summed E-state index contributed by atoms with van der Waals surface area (Å²) in [6.45, 7) is 8.66. The lowest BCUT2D eigenvalue weighted by atomic mass is 10.0. The number of benzene rings is 1. The Hall–Kier alpha value is -2.39. The van der Waals surface area contributed by atoms with E-state index in [1.165, 1.54) is 12.0 Å². The lowest BCUT2D eigenvalue weighted by molar-refractivity contribution is -0.151. The van der Waals surface area contributed by atoms with E-state index >= 15 is 0 Å². The average molecular weight is 553 g/mol. The van der Waals surface area contributed by atoms with Crippen molar-refractivity contribution in [3.63, 3.8) is 0 Å². The Bertz CT molecular complexity index is 906. The maximum absolute atomic E-state index is 13.2. The number of amides is 2. The average Bonchev–Trinajstić information content (AvgIpc) is 3.24. The van der Waals surface area contributed by atoms with Gasteiger partial charge in [-0.1, -0.05) is 49.2 Å². The number of likely N-dealkylation sites (tertiary alicyclic amines) is 1. The van der Waals surface area contributed by atoms with Gasteiger partial charge in [-0.3, -0.25) is 4.79 Å². The molecule has 1 aromatic carbocycles. The summed E-state index contributed by atoms with van der Waals surface area (Å²) in [6, 6.07) is 4.27. The van der Waals surface area contributed by atoms with Crippen LogP contribution in [-0.2, 0) is 25.7 Å². The van der Waals surface area contributed by atoms with E-state index in [2.05, 4.69) is 27.8 Å². The van der Waals surface area contributed by atoms with Crippen molar-refractivity contribution in [3.8, 4) is 0 Å². The van der Waals surface area contributed by atoms with Crippen LogP contribution in [0.3, 0.4) is 0 Å². The van der Waals surface area contributed by atoms with Crippen LogP contribution in [-0.4, -0.2) is 60.3 Å². The van der Waals surface area contributed by atoms with Gasteiger partial charge in [-0.2, -0.15) is 0 Å². The van der Waals surface area contributed by atoms with E-state index in [1.54, 1.807) is 0 Å². The Balaban J connectivity index is 1.89. The van der Waals surface area contributed by atoms with Gasteiger partial charge in [0.25, 0.3) is 0 Å². The van der Waals surface area contributed by atoms with Crippen LogP contribution >= 0.6 is 15.9 Å². The fourth-order valence-electron chi connectivity index (χ4n) is 4.24. The molecule has 2 amide bonds. The quantitative estimate of drug-likeness (QED) is 0.293. The van der Waals surface area contributed by atoms with Gasteiger partial charge < -0.3 is 24.8 Å². The molecule has 1 aliphatic heterocycles. The van der Waals surface area contributed by atoms with Gasteiger partial charge in [-0.25, -0.2) is 9.59 Å². The molecule has 0 radical (unpaired) electrons. The second-order valence-corrected chi connectivity index (χ2v) is 9.97. The summed E-state index contributed by atoms with van der Waals surface area (Å²) in [4.78, 5) is 39.4. The van der Waals surface area contributed by atoms with Gasteiger partial charge >= 0.3 is 12.1 Å². The van der Waals surface area contributed by atoms with Crippen molar-refractivity contribution < 1.29 is 29.0 Å². The molecule has 0 unspecified atom stereocenters. The number of allylic oxidation sites excluding steroid dienone is 1. The van der Waals surface area contributed by atoms with Gasteiger partial charge in [-0.15, -0.1) is 0 Å². The minimum Gasteiger partial charge on any atom is -0.467 e. The van der Waals surface area contributed by atoms with Gasteiger partial charge in [-0.05, 0) is 66.5 Å². The second-order valence-electron chi connectivity index (χ2n) is 9.06. The Kier molecular flexibility index (Phi) is 11.7. The van der Waals surface area contributed by atoms with Crippen LogP contribution in [0.5, 0.6) is 0 Å². The molecule has 8 nitrogen and oxygen atoms in total. The number of methoxy groups -OCH3 is 1. The first-order valence-electron chi connectivity index (χ1n) is 12.1. The second kappa shape index (κ2) is 14.2. The predicted molar refractivity (Wildman–Crippen MR) is 137 cm³/mol. The zero-order chi connectivity index (χ0) is 26.0. The third-order valence-corrected chi connectivity index (χ3v) is 6.57. The molecule has 1 saturated heterocycles. The number of alkyl carbamates (subject to hydrolysis) is 1. The molecular weight excluding hydrogens is 516 g/mol. The number of carbonyl (C=O) groups is 3. The lowest BCUT2D eigenvalue weighted by Crippen LogP contribution is -2.52. The van der Waals surface area contributed by atoms with E-state index in [4.69, 9.17) is 9.47 Å². The van der Waals surface area contributed by atoms with Crippen LogP contribution in [0.25, 0.3) is 5.57 Å². The number of hydrogen-bond acceptors (Lipinski definition) is 6. The number of aliphatic hydroxyl groups is 1. The topological polar surface area (TPSA) is 105 Å². The summed E-state index contributed by atoms with van der Waals surface area (Å²) in [5.74, 6) is -0.539. The van der Waals surface area contributed by atoms with Crippen molar-refractivity contribution in [1.29, 1.82) is 0 Å². The SMILES string of the molecule is C=C(CCCOC(=O)N[C@@H](CCCC)C(=O)N1C[C@H](C)C[C@H]1C(=O)OC)c1cc(Br)cc(CO)c1. The van der Waals surface area contributed by atoms with Gasteiger partial charge in [0, 0.05) is 11.0 Å². The smallest absolute Gasteiger partial charge is 0.407 e. The van der Waals surface area contributed by atoms with E-state index in [1.807, 2.05) is 32.0 Å². The fraction of sp³-hybridized carbons (Fsp3) is 0.577. The first-order valence-corrected chi connectivity index (χ1v) is 12.9. The molecule has 0 aliphatic carbocycles. The fourth-order valence-corrected chi connectivity index (χ4v) is 4.78. The number of rotatable bonds is 12. The van der Waals surface area contributed by atoms with Gasteiger partial charge in [0.2, 0.25) is 5.91 Å². The molecule has 0 aromatic heterocycles. The highest BCUT2D eigenvalue weighted by molar-refractivity contribution is 9.10. The molecule has 1 aliphatic rings. The molecule has 194 valence electrons. The largest absolute Gasteiger partial charge is 0.467 e. The minimum atomic E-state index is -0.756. The van der Waals surface area contributed by atoms with E-state index < -0.39 is 24.1 Å². The summed E-state index contributed by atoms with van der Waals surface area (Å²) in [5.41, 5.74) is 2.58. The lowest BCUT2D eigenvalue weighted by Gasteiger charge is -2.28. The highest BCUT2D eigenvalue weighted by Gasteiger charge is 2.41. The van der Waals surface area contributed by atoms with Gasteiger partial charge in [0.15, 0.2) is 0 Å². The van der Waals surface area contributed by atoms with Crippen molar-refractivity contribution in [2.75, 3.05) is 20.3 Å². The van der Waals surface area contributed by atoms with Gasteiger partial charge in [0.05, 0.1) is 20.3 Å². The molecule has 2 rings (SSSR count). The number of hydrogen-bond donors (Lipinski definition) is 2. The Morgan fingerprint density at radius 1 is 1.29 bits per heavy atom. The number of nitrogens with one attached hydrogen (secondary N) is 1. The first-order chi connectivity index (χ1) is 16.7. The number of esters is 1. The molecule has 0 bridgehead atoms. The van der Waals surface area contributed by atoms with Crippen LogP contribution in [0, 0.1) is 5.92 Å². The molecule has 0 saturated carbocycles. The number of aliphatic hydroxyl groups excluding tert-OH is 1. The van der Waals surface area contributed by atoms with Crippen LogP contribution in [0.2, 0.25) is 0 Å². The summed E-state index contributed by atoms with van der Waals surface area (Å²) in [5, 5.41) is 12.1. The van der Waals surface area contributed by atoms with E-state index in [-0.39, 0.29) is 25.0 Å². The number of nitrogens with zero attached hydrogens (tertiary/aromatic N) is 1. The monoisotopic (exact) mass is 552 g/mol. The Labute approximate surface area is 216 Å². The molecule has 3 atom stereocenters. The van der Waals surface area contributed by atoms with Gasteiger partial charge in [0.1, 0.15) is 12.1 Å². The molecule has 9 heteroatoms. The Morgan fingerprint density at radius 2 is 2.03 bits per heavy atom. The van der Waals surface area contributed by atoms with E-state index in [0.717, 1.165) is 34.0 Å². The zero-order valence-corrected chi connectivity index (χ0v) is 22.4. The molecule has 0 spiro atoms. The highest BCUT2D eigenvalue weighted by Crippen LogP contribution is 2.26. The zero-order valence-electron chi connectivity index (χ0n) is 20.8. The van der Waals surface area contributed by atoms with Crippen molar-refractivity contribution in [1.82, 2.24) is 10.2 Å². The third kappa shape index (κ3) is 8.65. The van der Waals surface area contributed by atoms with Crippen LogP contribution in [0.1, 0.15) is 63.5 Å². The minimum absolute atomic E-state index is 0.0579. The van der Waals surface area contributed by atoms with Crippen LogP contribution < -0.4 is 5.32 Å². The molecule has 2 N–H and O–H groups in total. The normalized spacial score (nSPS) is 18.1. The van der Waals surface area contributed by atoms with E-state index in [0.29, 0.717) is 32.2 Å².